The van der Waals surface area contributed by atoms with E-state index in [1.807, 2.05) is 0 Å². The van der Waals surface area contributed by atoms with Crippen LogP contribution in [0.4, 0.5) is 8.78 Å². The van der Waals surface area contributed by atoms with Gasteiger partial charge in [-0.2, -0.15) is 0 Å². The molecule has 5 nitrogen and oxygen atoms in total. The first-order valence-corrected chi connectivity index (χ1v) is 5.38. The van der Waals surface area contributed by atoms with E-state index in [0.29, 0.717) is 0 Å². The van der Waals surface area contributed by atoms with Gasteiger partial charge in [0.25, 0.3) is 6.43 Å². The third-order valence-corrected chi connectivity index (χ3v) is 2.37. The Morgan fingerprint density at radius 1 is 1.56 bits per heavy atom. The Balaban J connectivity index is 3.11. The van der Waals surface area contributed by atoms with Crippen LogP contribution in [0.3, 0.4) is 0 Å². The van der Waals surface area contributed by atoms with Crippen LogP contribution in [0, 0.1) is 0 Å². The van der Waals surface area contributed by atoms with Crippen LogP contribution in [0.2, 0.25) is 0 Å². The minimum atomic E-state index is -2.88. The summed E-state index contributed by atoms with van der Waals surface area (Å²) < 4.78 is 29.7. The van der Waals surface area contributed by atoms with Gasteiger partial charge >= 0.3 is 5.97 Å². The Bertz CT molecular complexity index is 486. The van der Waals surface area contributed by atoms with Crippen LogP contribution in [-0.2, 0) is 22.5 Å². The first-order chi connectivity index (χ1) is 8.51. The fourth-order valence-corrected chi connectivity index (χ4v) is 1.52. The van der Waals surface area contributed by atoms with Crippen molar-refractivity contribution in [3.05, 3.63) is 33.2 Å². The Hall–Kier alpha value is -1.76. The van der Waals surface area contributed by atoms with Crippen molar-refractivity contribution in [2.75, 3.05) is 6.61 Å². The number of alkyl halides is 2. The number of ether oxygens (including phenoxy) is 1. The number of pyridine rings is 1. The number of nitrogens with two attached hydrogens (primary N) is 1. The molecule has 1 rings (SSSR count). The molecule has 1 aromatic rings. The molecule has 1 aromatic heterocycles. The minimum Gasteiger partial charge on any atom is -0.466 e. The Kier molecular flexibility index (Phi) is 4.96. The van der Waals surface area contributed by atoms with Crippen LogP contribution in [0.25, 0.3) is 0 Å². The van der Waals surface area contributed by atoms with Crippen molar-refractivity contribution in [3.8, 4) is 0 Å². The molecule has 0 aliphatic carbocycles. The first-order valence-electron chi connectivity index (χ1n) is 5.38. The number of halogens is 2. The molecular weight excluding hydrogens is 246 g/mol. The van der Waals surface area contributed by atoms with Gasteiger partial charge in [-0.15, -0.1) is 0 Å². The van der Waals surface area contributed by atoms with Gasteiger partial charge in [0.05, 0.1) is 18.6 Å². The van der Waals surface area contributed by atoms with Gasteiger partial charge in [0.1, 0.15) is 0 Å². The molecule has 0 aliphatic rings. The molecule has 0 atom stereocenters. The van der Waals surface area contributed by atoms with Crippen LogP contribution in [0.1, 0.15) is 30.2 Å². The number of aromatic amines is 1. The van der Waals surface area contributed by atoms with E-state index in [1.54, 1.807) is 6.92 Å². The standard InChI is InChI=1S/C11H14F2N2O3/c1-2-18-9(16)3-8-6(4-14)10(17)7(5-15-8)11(12)13/h5,11H,2-4,14H2,1H3,(H,15,17). The van der Waals surface area contributed by atoms with Crippen LogP contribution >= 0.6 is 0 Å². The molecule has 0 aliphatic heterocycles. The number of carbonyl (C=O) groups excluding carboxylic acids is 1. The highest BCUT2D eigenvalue weighted by Crippen LogP contribution is 2.15. The van der Waals surface area contributed by atoms with Crippen molar-refractivity contribution < 1.29 is 18.3 Å². The summed E-state index contributed by atoms with van der Waals surface area (Å²) in [5.41, 5.74) is 4.08. The summed E-state index contributed by atoms with van der Waals surface area (Å²) in [7, 11) is 0. The highest BCUT2D eigenvalue weighted by atomic mass is 19.3. The van der Waals surface area contributed by atoms with Gasteiger partial charge in [-0.25, -0.2) is 8.78 Å². The summed E-state index contributed by atoms with van der Waals surface area (Å²) in [6.07, 6.45) is -2.17. The molecule has 100 valence electrons. The summed E-state index contributed by atoms with van der Waals surface area (Å²) in [6.45, 7) is 1.63. The van der Waals surface area contributed by atoms with E-state index >= 15 is 0 Å². The molecule has 0 unspecified atom stereocenters. The van der Waals surface area contributed by atoms with E-state index in [-0.39, 0.29) is 30.8 Å². The Morgan fingerprint density at radius 2 is 2.22 bits per heavy atom. The highest BCUT2D eigenvalue weighted by Gasteiger charge is 2.18. The Labute approximate surface area is 102 Å². The number of hydrogen-bond donors (Lipinski definition) is 2. The summed E-state index contributed by atoms with van der Waals surface area (Å²) >= 11 is 0. The van der Waals surface area contributed by atoms with Gasteiger partial charge in [-0.3, -0.25) is 9.59 Å². The lowest BCUT2D eigenvalue weighted by Crippen LogP contribution is -2.23. The lowest BCUT2D eigenvalue weighted by Gasteiger charge is -2.09. The number of carbonyl (C=O) groups is 1. The number of nitrogens with one attached hydrogen (secondary N) is 1. The number of esters is 1. The van der Waals surface area contributed by atoms with Gasteiger partial charge < -0.3 is 15.5 Å². The van der Waals surface area contributed by atoms with Crippen LogP contribution in [-0.4, -0.2) is 17.6 Å². The molecule has 7 heteroatoms. The van der Waals surface area contributed by atoms with Gasteiger partial charge in [0, 0.05) is 24.0 Å². The van der Waals surface area contributed by atoms with Gasteiger partial charge in [0.15, 0.2) is 5.43 Å². The summed E-state index contributed by atoms with van der Waals surface area (Å²) in [6, 6.07) is 0. The second kappa shape index (κ2) is 6.25. The number of H-pyrrole nitrogens is 1. The molecule has 0 amide bonds. The van der Waals surface area contributed by atoms with Gasteiger partial charge in [-0.1, -0.05) is 0 Å². The zero-order chi connectivity index (χ0) is 13.7. The van der Waals surface area contributed by atoms with Crippen LogP contribution < -0.4 is 11.2 Å². The van der Waals surface area contributed by atoms with Gasteiger partial charge in [-0.05, 0) is 6.92 Å². The van der Waals surface area contributed by atoms with Crippen LogP contribution in [0.15, 0.2) is 11.0 Å². The summed E-state index contributed by atoms with van der Waals surface area (Å²) in [5, 5.41) is 0. The number of aromatic nitrogens is 1. The molecule has 0 bridgehead atoms. The van der Waals surface area contributed by atoms with Crippen LogP contribution in [0.5, 0.6) is 0 Å². The quantitative estimate of drug-likeness (QED) is 0.769. The maximum Gasteiger partial charge on any atom is 0.311 e. The predicted molar refractivity (Wildman–Crippen MR) is 60.2 cm³/mol. The lowest BCUT2D eigenvalue weighted by molar-refractivity contribution is -0.142. The van der Waals surface area contributed by atoms with Crippen molar-refractivity contribution in [3.63, 3.8) is 0 Å². The number of hydrogen-bond acceptors (Lipinski definition) is 4. The maximum absolute atomic E-state index is 12.5. The zero-order valence-corrected chi connectivity index (χ0v) is 9.83. The van der Waals surface area contributed by atoms with Crippen molar-refractivity contribution in [1.82, 2.24) is 4.98 Å². The normalized spacial score (nSPS) is 10.7. The molecule has 0 aromatic carbocycles. The second-order valence-electron chi connectivity index (χ2n) is 3.52. The molecule has 0 spiro atoms. The van der Waals surface area contributed by atoms with Crippen molar-refractivity contribution in [2.45, 2.75) is 26.3 Å². The van der Waals surface area contributed by atoms with Crippen molar-refractivity contribution in [1.29, 1.82) is 0 Å². The maximum atomic E-state index is 12.5. The fourth-order valence-electron chi connectivity index (χ4n) is 1.52. The van der Waals surface area contributed by atoms with Crippen molar-refractivity contribution >= 4 is 5.97 Å². The highest BCUT2D eigenvalue weighted by molar-refractivity contribution is 5.72. The predicted octanol–water partition coefficient (Wildman–Crippen LogP) is 0.877. The molecular formula is C11H14F2N2O3. The Morgan fingerprint density at radius 3 is 2.72 bits per heavy atom. The summed E-state index contributed by atoms with van der Waals surface area (Å²) in [4.78, 5) is 25.5. The zero-order valence-electron chi connectivity index (χ0n) is 9.83. The second-order valence-corrected chi connectivity index (χ2v) is 3.52. The molecule has 0 saturated heterocycles. The molecule has 3 N–H and O–H groups in total. The average Bonchev–Trinajstić information content (AvgIpc) is 2.29. The summed E-state index contributed by atoms with van der Waals surface area (Å²) in [5.74, 6) is -0.548. The SMILES string of the molecule is CCOC(=O)Cc1[nH]cc(C(F)F)c(=O)c1CN. The topological polar surface area (TPSA) is 85.2 Å². The van der Waals surface area contributed by atoms with E-state index in [4.69, 9.17) is 10.5 Å². The fraction of sp³-hybridized carbons (Fsp3) is 0.455. The largest absolute Gasteiger partial charge is 0.466 e. The van der Waals surface area contributed by atoms with E-state index in [9.17, 15) is 18.4 Å². The van der Waals surface area contributed by atoms with E-state index in [0.717, 1.165) is 6.20 Å². The first kappa shape index (κ1) is 14.3. The molecule has 0 radical (unpaired) electrons. The molecule has 0 saturated carbocycles. The third-order valence-electron chi connectivity index (χ3n) is 2.37. The third kappa shape index (κ3) is 3.13. The van der Waals surface area contributed by atoms with E-state index < -0.39 is 23.4 Å². The van der Waals surface area contributed by atoms with Gasteiger partial charge in [0.2, 0.25) is 0 Å². The molecule has 0 fully saturated rings. The average molecular weight is 260 g/mol. The van der Waals surface area contributed by atoms with Crippen molar-refractivity contribution in [2.24, 2.45) is 5.73 Å². The van der Waals surface area contributed by atoms with E-state index in [2.05, 4.69) is 4.98 Å². The van der Waals surface area contributed by atoms with E-state index in [1.165, 1.54) is 0 Å². The lowest BCUT2D eigenvalue weighted by atomic mass is 10.1. The molecule has 1 heterocycles. The molecule has 18 heavy (non-hydrogen) atoms. The minimum absolute atomic E-state index is 0.0131. The number of rotatable bonds is 5. The smallest absolute Gasteiger partial charge is 0.311 e. The monoisotopic (exact) mass is 260 g/mol.